The maximum absolute atomic E-state index is 12.4. The van der Waals surface area contributed by atoms with Crippen molar-refractivity contribution in [1.29, 1.82) is 0 Å². The number of hydrogen-bond donors (Lipinski definition) is 0. The lowest BCUT2D eigenvalue weighted by atomic mass is 10.0. The molecule has 104 valence electrons. The summed E-state index contributed by atoms with van der Waals surface area (Å²) in [5.41, 5.74) is 0. The fourth-order valence-electron chi connectivity index (χ4n) is 2.57. The van der Waals surface area contributed by atoms with Gasteiger partial charge in [-0.05, 0) is 18.8 Å². The molecule has 5 nitrogen and oxygen atoms in total. The van der Waals surface area contributed by atoms with Gasteiger partial charge in [0, 0.05) is 38.5 Å². The van der Waals surface area contributed by atoms with Gasteiger partial charge in [0.2, 0.25) is 0 Å². The molecule has 2 saturated heterocycles. The lowest BCUT2D eigenvalue weighted by molar-refractivity contribution is -0.124. The molecule has 0 spiro atoms. The lowest BCUT2D eigenvalue weighted by Crippen LogP contribution is -2.51. The standard InChI is InChI=1S/C12H22N2O3S/c1-10-3-6-13(7-4-10)18(16,17)14-8-5-12(15)11(2)9-14/h10-11H,3-9H2,1-2H3. The van der Waals surface area contributed by atoms with E-state index in [1.54, 1.807) is 4.31 Å². The molecule has 2 aliphatic rings. The van der Waals surface area contributed by atoms with Gasteiger partial charge in [0.05, 0.1) is 0 Å². The Bertz CT molecular complexity index is 413. The van der Waals surface area contributed by atoms with Crippen molar-refractivity contribution >= 4 is 16.0 Å². The van der Waals surface area contributed by atoms with Gasteiger partial charge in [-0.2, -0.15) is 17.0 Å². The van der Waals surface area contributed by atoms with Gasteiger partial charge in [0.15, 0.2) is 0 Å². The van der Waals surface area contributed by atoms with E-state index in [0.29, 0.717) is 38.5 Å². The molecule has 6 heteroatoms. The number of hydrogen-bond acceptors (Lipinski definition) is 3. The van der Waals surface area contributed by atoms with Crippen LogP contribution in [0.3, 0.4) is 0 Å². The molecule has 2 heterocycles. The van der Waals surface area contributed by atoms with Crippen LogP contribution < -0.4 is 0 Å². The van der Waals surface area contributed by atoms with Crippen LogP contribution in [-0.4, -0.2) is 49.0 Å². The van der Waals surface area contributed by atoms with Crippen LogP contribution in [-0.2, 0) is 15.0 Å². The average molecular weight is 274 g/mol. The van der Waals surface area contributed by atoms with Gasteiger partial charge in [0.25, 0.3) is 10.2 Å². The first-order chi connectivity index (χ1) is 8.41. The summed E-state index contributed by atoms with van der Waals surface area (Å²) in [4.78, 5) is 11.5. The molecule has 0 saturated carbocycles. The molecule has 0 aromatic heterocycles. The van der Waals surface area contributed by atoms with E-state index in [1.807, 2.05) is 6.92 Å². The van der Waals surface area contributed by atoms with E-state index < -0.39 is 10.2 Å². The number of piperidine rings is 2. The van der Waals surface area contributed by atoms with E-state index in [0.717, 1.165) is 12.8 Å². The summed E-state index contributed by atoms with van der Waals surface area (Å²) in [7, 11) is -3.35. The van der Waals surface area contributed by atoms with Gasteiger partial charge in [-0.1, -0.05) is 13.8 Å². The molecule has 0 bridgehead atoms. The molecular formula is C12H22N2O3S. The Balaban J connectivity index is 2.04. The van der Waals surface area contributed by atoms with Gasteiger partial charge in [-0.3, -0.25) is 4.79 Å². The second kappa shape index (κ2) is 5.27. The smallest absolute Gasteiger partial charge is 0.282 e. The maximum atomic E-state index is 12.4. The Hall–Kier alpha value is -0.460. The van der Waals surface area contributed by atoms with E-state index in [2.05, 4.69) is 6.92 Å². The zero-order valence-corrected chi connectivity index (χ0v) is 11.9. The van der Waals surface area contributed by atoms with Crippen LogP contribution in [0.4, 0.5) is 0 Å². The van der Waals surface area contributed by atoms with Crippen LogP contribution >= 0.6 is 0 Å². The molecule has 0 N–H and O–H groups in total. The monoisotopic (exact) mass is 274 g/mol. The highest BCUT2D eigenvalue weighted by molar-refractivity contribution is 7.86. The van der Waals surface area contributed by atoms with E-state index in [1.165, 1.54) is 4.31 Å². The lowest BCUT2D eigenvalue weighted by Gasteiger charge is -2.36. The summed E-state index contributed by atoms with van der Waals surface area (Å²) in [5, 5.41) is 0. The topological polar surface area (TPSA) is 57.7 Å². The molecule has 2 fully saturated rings. The molecular weight excluding hydrogens is 252 g/mol. The summed E-state index contributed by atoms with van der Waals surface area (Å²) in [5.74, 6) is 0.615. The minimum absolute atomic E-state index is 0.169. The number of Topliss-reactive ketones (excluding diaryl/α,β-unsaturated/α-hetero) is 1. The molecule has 0 aliphatic carbocycles. The van der Waals surface area contributed by atoms with Crippen molar-refractivity contribution in [1.82, 2.24) is 8.61 Å². The Morgan fingerprint density at radius 3 is 2.22 bits per heavy atom. The third-order valence-electron chi connectivity index (χ3n) is 4.03. The van der Waals surface area contributed by atoms with Crippen LogP contribution in [0.15, 0.2) is 0 Å². The van der Waals surface area contributed by atoms with E-state index in [-0.39, 0.29) is 11.7 Å². The zero-order chi connectivity index (χ0) is 13.3. The van der Waals surface area contributed by atoms with Gasteiger partial charge in [-0.15, -0.1) is 0 Å². The first kappa shape index (κ1) is 14.0. The number of ketones is 1. The Morgan fingerprint density at radius 2 is 1.67 bits per heavy atom. The maximum Gasteiger partial charge on any atom is 0.282 e. The molecule has 0 aromatic rings. The Kier molecular flexibility index (Phi) is 4.08. The molecule has 0 aromatic carbocycles. The first-order valence-corrected chi connectivity index (χ1v) is 8.09. The second-order valence-electron chi connectivity index (χ2n) is 5.56. The molecule has 18 heavy (non-hydrogen) atoms. The molecule has 1 unspecified atom stereocenters. The fraction of sp³-hybridized carbons (Fsp3) is 0.917. The Morgan fingerprint density at radius 1 is 1.06 bits per heavy atom. The quantitative estimate of drug-likeness (QED) is 0.751. The van der Waals surface area contributed by atoms with Crippen molar-refractivity contribution in [2.24, 2.45) is 11.8 Å². The molecule has 0 amide bonds. The Labute approximate surface area is 109 Å². The van der Waals surface area contributed by atoms with Crippen LogP contribution in [0, 0.1) is 11.8 Å². The van der Waals surface area contributed by atoms with Crippen LogP contribution in [0.25, 0.3) is 0 Å². The van der Waals surface area contributed by atoms with Gasteiger partial charge >= 0.3 is 0 Å². The zero-order valence-electron chi connectivity index (χ0n) is 11.1. The average Bonchev–Trinajstić information content (AvgIpc) is 2.33. The number of nitrogens with zero attached hydrogens (tertiary/aromatic N) is 2. The van der Waals surface area contributed by atoms with Crippen molar-refractivity contribution < 1.29 is 13.2 Å². The SMILES string of the molecule is CC1CCN(S(=O)(=O)N2CCC(=O)C(C)C2)CC1. The van der Waals surface area contributed by atoms with Crippen molar-refractivity contribution in [3.63, 3.8) is 0 Å². The minimum Gasteiger partial charge on any atom is -0.299 e. The van der Waals surface area contributed by atoms with E-state index in [9.17, 15) is 13.2 Å². The highest BCUT2D eigenvalue weighted by Crippen LogP contribution is 2.23. The van der Waals surface area contributed by atoms with Crippen molar-refractivity contribution in [3.05, 3.63) is 0 Å². The van der Waals surface area contributed by atoms with Crippen LogP contribution in [0.5, 0.6) is 0 Å². The summed E-state index contributed by atoms with van der Waals surface area (Å²) in [6, 6.07) is 0. The summed E-state index contributed by atoms with van der Waals surface area (Å²) < 4.78 is 27.9. The highest BCUT2D eigenvalue weighted by Gasteiger charge is 2.36. The molecule has 0 radical (unpaired) electrons. The number of carbonyl (C=O) groups is 1. The molecule has 1 atom stereocenters. The van der Waals surface area contributed by atoms with Gasteiger partial charge < -0.3 is 0 Å². The van der Waals surface area contributed by atoms with Crippen molar-refractivity contribution in [3.8, 4) is 0 Å². The third-order valence-corrected chi connectivity index (χ3v) is 6.03. The first-order valence-electron chi connectivity index (χ1n) is 6.69. The number of carbonyl (C=O) groups excluding carboxylic acids is 1. The summed E-state index contributed by atoms with van der Waals surface area (Å²) in [6.07, 6.45) is 2.22. The van der Waals surface area contributed by atoms with Gasteiger partial charge in [0.1, 0.15) is 5.78 Å². The predicted molar refractivity (Wildman–Crippen MR) is 69.3 cm³/mol. The van der Waals surface area contributed by atoms with Crippen LogP contribution in [0.2, 0.25) is 0 Å². The van der Waals surface area contributed by atoms with Gasteiger partial charge in [-0.25, -0.2) is 0 Å². The normalized spacial score (nSPS) is 29.7. The van der Waals surface area contributed by atoms with Crippen molar-refractivity contribution in [2.75, 3.05) is 26.2 Å². The molecule has 2 rings (SSSR count). The summed E-state index contributed by atoms with van der Waals surface area (Å²) in [6.45, 7) is 5.88. The molecule has 2 aliphatic heterocycles. The van der Waals surface area contributed by atoms with E-state index >= 15 is 0 Å². The largest absolute Gasteiger partial charge is 0.299 e. The second-order valence-corrected chi connectivity index (χ2v) is 7.49. The van der Waals surface area contributed by atoms with E-state index in [4.69, 9.17) is 0 Å². The highest BCUT2D eigenvalue weighted by atomic mass is 32.2. The van der Waals surface area contributed by atoms with Crippen molar-refractivity contribution in [2.45, 2.75) is 33.1 Å². The third kappa shape index (κ3) is 2.75. The summed E-state index contributed by atoms with van der Waals surface area (Å²) >= 11 is 0. The van der Waals surface area contributed by atoms with Crippen LogP contribution in [0.1, 0.15) is 33.1 Å². The minimum atomic E-state index is -3.35. The number of rotatable bonds is 2. The predicted octanol–water partition coefficient (Wildman–Crippen LogP) is 0.874. The fourth-order valence-corrected chi connectivity index (χ4v) is 4.30.